The lowest BCUT2D eigenvalue weighted by Gasteiger charge is -2.08. The number of rotatable bonds is 3. The highest BCUT2D eigenvalue weighted by Gasteiger charge is 2.30. The zero-order valence-electron chi connectivity index (χ0n) is 13.9. The molecule has 0 fully saturated rings. The van der Waals surface area contributed by atoms with Crippen molar-refractivity contribution >= 4 is 16.7 Å². The Morgan fingerprint density at radius 1 is 0.889 bits per heavy atom. The van der Waals surface area contributed by atoms with Crippen molar-refractivity contribution in [2.75, 3.05) is 0 Å². The Kier molecular flexibility index (Phi) is 4.03. The van der Waals surface area contributed by atoms with Crippen LogP contribution in [0.15, 0.2) is 72.9 Å². The van der Waals surface area contributed by atoms with Gasteiger partial charge < -0.3 is 4.98 Å². The highest BCUT2D eigenvalue weighted by Crippen LogP contribution is 2.33. The fourth-order valence-electron chi connectivity index (χ4n) is 3.04. The number of pyridine rings is 1. The molecule has 4 aromatic rings. The average Bonchev–Trinajstić information content (AvgIpc) is 3.07. The molecule has 27 heavy (non-hydrogen) atoms. The molecular weight excluding hydrogens is 353 g/mol. The van der Waals surface area contributed by atoms with Crippen molar-refractivity contribution < 1.29 is 18.0 Å². The minimum Gasteiger partial charge on any atom is -0.353 e. The summed E-state index contributed by atoms with van der Waals surface area (Å²) in [6.07, 6.45) is -2.82. The molecule has 4 rings (SSSR count). The van der Waals surface area contributed by atoms with Gasteiger partial charge in [0.2, 0.25) is 0 Å². The van der Waals surface area contributed by atoms with E-state index in [2.05, 4.69) is 9.97 Å². The summed E-state index contributed by atoms with van der Waals surface area (Å²) >= 11 is 0. The van der Waals surface area contributed by atoms with Gasteiger partial charge in [-0.3, -0.25) is 9.78 Å². The topological polar surface area (TPSA) is 45.8 Å². The molecule has 2 aromatic carbocycles. The fourth-order valence-corrected chi connectivity index (χ4v) is 3.04. The standard InChI is InChI=1S/C21H13F3N2O/c22-21(23,24)14-10-8-13(9-11-14)20(27)18-15-5-1-2-6-16(15)26-19(18)17-7-3-4-12-25-17/h1-12,26H. The third-order valence-corrected chi connectivity index (χ3v) is 4.33. The Labute approximate surface area is 152 Å². The van der Waals surface area contributed by atoms with Crippen molar-refractivity contribution in [3.05, 3.63) is 89.6 Å². The van der Waals surface area contributed by atoms with E-state index in [0.717, 1.165) is 17.6 Å². The SMILES string of the molecule is O=C(c1ccc(C(F)(F)F)cc1)c1c(-c2ccccn2)[nH]c2ccccc12. The van der Waals surface area contributed by atoms with Crippen molar-refractivity contribution in [3.63, 3.8) is 0 Å². The van der Waals surface area contributed by atoms with Crippen LogP contribution in [0, 0.1) is 0 Å². The summed E-state index contributed by atoms with van der Waals surface area (Å²) in [7, 11) is 0. The quantitative estimate of drug-likeness (QED) is 0.488. The van der Waals surface area contributed by atoms with Crippen LogP contribution >= 0.6 is 0 Å². The number of hydrogen-bond acceptors (Lipinski definition) is 2. The zero-order valence-corrected chi connectivity index (χ0v) is 13.9. The van der Waals surface area contributed by atoms with E-state index >= 15 is 0 Å². The van der Waals surface area contributed by atoms with E-state index in [1.165, 1.54) is 12.1 Å². The molecule has 0 bridgehead atoms. The monoisotopic (exact) mass is 366 g/mol. The van der Waals surface area contributed by atoms with E-state index in [0.29, 0.717) is 22.3 Å². The van der Waals surface area contributed by atoms with Gasteiger partial charge in [0.1, 0.15) is 0 Å². The molecule has 0 unspecified atom stereocenters. The van der Waals surface area contributed by atoms with Crippen LogP contribution in [0.5, 0.6) is 0 Å². The number of halogens is 3. The predicted octanol–water partition coefficient (Wildman–Crippen LogP) is 5.48. The largest absolute Gasteiger partial charge is 0.416 e. The van der Waals surface area contributed by atoms with Gasteiger partial charge in [0.25, 0.3) is 0 Å². The molecule has 0 saturated heterocycles. The first-order valence-electron chi connectivity index (χ1n) is 8.19. The van der Waals surface area contributed by atoms with Crippen LogP contribution in [0.3, 0.4) is 0 Å². The number of nitrogens with zero attached hydrogens (tertiary/aromatic N) is 1. The minimum atomic E-state index is -4.44. The van der Waals surface area contributed by atoms with Crippen LogP contribution in [-0.4, -0.2) is 15.8 Å². The smallest absolute Gasteiger partial charge is 0.353 e. The van der Waals surface area contributed by atoms with Crippen molar-refractivity contribution in [1.29, 1.82) is 0 Å². The molecule has 0 spiro atoms. The third-order valence-electron chi connectivity index (χ3n) is 4.33. The Hall–Kier alpha value is -3.41. The summed E-state index contributed by atoms with van der Waals surface area (Å²) < 4.78 is 38.4. The molecule has 0 aliphatic carbocycles. The number of hydrogen-bond donors (Lipinski definition) is 1. The lowest BCUT2D eigenvalue weighted by molar-refractivity contribution is -0.137. The summed E-state index contributed by atoms with van der Waals surface area (Å²) in [6.45, 7) is 0. The van der Waals surface area contributed by atoms with Gasteiger partial charge in [0.15, 0.2) is 5.78 Å². The van der Waals surface area contributed by atoms with Crippen LogP contribution in [0.4, 0.5) is 13.2 Å². The van der Waals surface area contributed by atoms with Gasteiger partial charge in [-0.1, -0.05) is 36.4 Å². The molecule has 6 heteroatoms. The molecule has 0 atom stereocenters. The maximum atomic E-state index is 13.1. The molecule has 0 radical (unpaired) electrons. The van der Waals surface area contributed by atoms with E-state index < -0.39 is 11.7 Å². The van der Waals surface area contributed by atoms with Gasteiger partial charge in [-0.25, -0.2) is 0 Å². The summed E-state index contributed by atoms with van der Waals surface area (Å²) in [5.74, 6) is -0.359. The molecule has 2 aromatic heterocycles. The Morgan fingerprint density at radius 2 is 1.59 bits per heavy atom. The van der Waals surface area contributed by atoms with Crippen LogP contribution in [0.2, 0.25) is 0 Å². The number of aromatic nitrogens is 2. The first-order chi connectivity index (χ1) is 12.9. The van der Waals surface area contributed by atoms with E-state index in [1.807, 2.05) is 18.2 Å². The Morgan fingerprint density at radius 3 is 2.26 bits per heavy atom. The van der Waals surface area contributed by atoms with Gasteiger partial charge in [-0.15, -0.1) is 0 Å². The number of benzene rings is 2. The Balaban J connectivity index is 1.86. The summed E-state index contributed by atoms with van der Waals surface area (Å²) in [5.41, 5.74) is 1.68. The second kappa shape index (κ2) is 6.39. The molecule has 2 heterocycles. The minimum absolute atomic E-state index is 0.185. The average molecular weight is 366 g/mol. The first kappa shape index (κ1) is 17.0. The van der Waals surface area contributed by atoms with E-state index in [9.17, 15) is 18.0 Å². The molecule has 0 aliphatic rings. The molecule has 3 nitrogen and oxygen atoms in total. The van der Waals surface area contributed by atoms with Gasteiger partial charge in [-0.2, -0.15) is 13.2 Å². The van der Waals surface area contributed by atoms with Gasteiger partial charge >= 0.3 is 6.18 Å². The predicted molar refractivity (Wildman–Crippen MR) is 96.4 cm³/mol. The second-order valence-corrected chi connectivity index (χ2v) is 6.04. The molecule has 1 N–H and O–H groups in total. The van der Waals surface area contributed by atoms with Crippen molar-refractivity contribution in [3.8, 4) is 11.4 Å². The summed E-state index contributed by atoms with van der Waals surface area (Å²) in [5, 5.41) is 0.697. The number of para-hydroxylation sites is 1. The number of alkyl halides is 3. The number of carbonyl (C=O) groups excluding carboxylic acids is 1. The number of carbonyl (C=O) groups is 1. The van der Waals surface area contributed by atoms with E-state index in [4.69, 9.17) is 0 Å². The highest BCUT2D eigenvalue weighted by atomic mass is 19.4. The number of nitrogens with one attached hydrogen (secondary N) is 1. The molecular formula is C21H13F3N2O. The summed E-state index contributed by atoms with van der Waals surface area (Å²) in [4.78, 5) is 20.6. The maximum Gasteiger partial charge on any atom is 0.416 e. The van der Waals surface area contributed by atoms with Gasteiger partial charge in [-0.05, 0) is 30.3 Å². The lowest BCUT2D eigenvalue weighted by atomic mass is 9.98. The maximum absolute atomic E-state index is 13.1. The molecule has 0 saturated carbocycles. The first-order valence-corrected chi connectivity index (χ1v) is 8.19. The van der Waals surface area contributed by atoms with Crippen molar-refractivity contribution in [1.82, 2.24) is 9.97 Å². The molecule has 134 valence electrons. The zero-order chi connectivity index (χ0) is 19.0. The molecule has 0 amide bonds. The van der Waals surface area contributed by atoms with Crippen LogP contribution in [0.1, 0.15) is 21.5 Å². The second-order valence-electron chi connectivity index (χ2n) is 6.04. The lowest BCUT2D eigenvalue weighted by Crippen LogP contribution is -2.07. The van der Waals surface area contributed by atoms with E-state index in [1.54, 1.807) is 30.5 Å². The third kappa shape index (κ3) is 3.10. The van der Waals surface area contributed by atoms with Crippen molar-refractivity contribution in [2.24, 2.45) is 0 Å². The number of aromatic amines is 1. The fraction of sp³-hybridized carbons (Fsp3) is 0.0476. The van der Waals surface area contributed by atoms with Crippen LogP contribution in [0.25, 0.3) is 22.3 Å². The van der Waals surface area contributed by atoms with E-state index in [-0.39, 0.29) is 11.3 Å². The van der Waals surface area contributed by atoms with Gasteiger partial charge in [0.05, 0.1) is 22.5 Å². The number of ketones is 1. The van der Waals surface area contributed by atoms with Crippen molar-refractivity contribution in [2.45, 2.75) is 6.18 Å². The van der Waals surface area contributed by atoms with Gasteiger partial charge in [0, 0.05) is 22.7 Å². The van der Waals surface area contributed by atoms with Crippen LogP contribution < -0.4 is 0 Å². The highest BCUT2D eigenvalue weighted by molar-refractivity contribution is 6.20. The summed E-state index contributed by atoms with van der Waals surface area (Å²) in [6, 6.07) is 16.9. The Bertz CT molecular complexity index is 1110. The molecule has 0 aliphatic heterocycles. The normalized spacial score (nSPS) is 11.7. The number of fused-ring (bicyclic) bond motifs is 1. The number of H-pyrrole nitrogens is 1. The van der Waals surface area contributed by atoms with Crippen LogP contribution in [-0.2, 0) is 6.18 Å².